The number of nitriles is 2. The monoisotopic (exact) mass is 360 g/mol. The Bertz CT molecular complexity index is 850. The summed E-state index contributed by atoms with van der Waals surface area (Å²) in [5, 5.41) is 28.5. The number of allylic oxidation sites excluding steroid dienone is 1. The van der Waals surface area contributed by atoms with E-state index < -0.39 is 20.5 Å². The molecule has 0 heterocycles. The van der Waals surface area contributed by atoms with E-state index in [9.17, 15) is 18.8 Å². The van der Waals surface area contributed by atoms with Crippen molar-refractivity contribution in [2.24, 2.45) is 0 Å². The van der Waals surface area contributed by atoms with Crippen LogP contribution >= 0.6 is 0 Å². The van der Waals surface area contributed by atoms with Crippen LogP contribution in [0.4, 0.5) is 0 Å². The maximum absolute atomic E-state index is 12.0. The molecule has 0 bridgehead atoms. The summed E-state index contributed by atoms with van der Waals surface area (Å²) in [5.74, 6) is -0.571. The van der Waals surface area contributed by atoms with E-state index in [-0.39, 0.29) is 16.6 Å². The Morgan fingerprint density at radius 1 is 1.08 bits per heavy atom. The topological polar surface area (TPSA) is 102 Å². The molecule has 0 aliphatic heterocycles. The molecule has 0 aromatic heterocycles. The lowest BCUT2D eigenvalue weighted by Gasteiger charge is -2.28. The molecular weight excluding hydrogens is 336 g/mol. The third-order valence-electron chi connectivity index (χ3n) is 3.75. The van der Waals surface area contributed by atoms with E-state index in [1.807, 2.05) is 41.5 Å². The number of phenols is 1. The highest BCUT2D eigenvalue weighted by molar-refractivity contribution is 7.95. The molecule has 1 aromatic carbocycles. The smallest absolute Gasteiger partial charge is 0.201 e. The zero-order chi connectivity index (χ0) is 19.6. The van der Waals surface area contributed by atoms with E-state index in [1.165, 1.54) is 6.08 Å². The Labute approximate surface area is 150 Å². The van der Waals surface area contributed by atoms with Gasteiger partial charge in [-0.15, -0.1) is 0 Å². The minimum absolute atomic E-state index is 0.176. The van der Waals surface area contributed by atoms with Crippen LogP contribution in [0.5, 0.6) is 5.75 Å². The Morgan fingerprint density at radius 2 is 1.52 bits per heavy atom. The summed E-state index contributed by atoms with van der Waals surface area (Å²) in [6.07, 6.45) is 1.26. The Balaban J connectivity index is 3.76. The van der Waals surface area contributed by atoms with Crippen molar-refractivity contribution >= 4 is 15.9 Å². The molecule has 0 aliphatic rings. The number of rotatable bonds is 3. The quantitative estimate of drug-likeness (QED) is 0.826. The first-order valence-corrected chi connectivity index (χ1v) is 9.48. The van der Waals surface area contributed by atoms with Crippen LogP contribution in [0, 0.1) is 22.7 Å². The van der Waals surface area contributed by atoms with Gasteiger partial charge in [0.15, 0.2) is 0 Å². The molecular formula is C19H24N2O3S. The second-order valence-corrected chi connectivity index (χ2v) is 9.96. The third-order valence-corrected chi connectivity index (χ3v) is 5.13. The molecule has 0 radical (unpaired) electrons. The predicted molar refractivity (Wildman–Crippen MR) is 98.5 cm³/mol. The minimum atomic E-state index is -3.95. The van der Waals surface area contributed by atoms with Crippen molar-refractivity contribution in [3.8, 4) is 17.9 Å². The zero-order valence-corrected chi connectivity index (χ0v) is 16.3. The standard InChI is InChI=1S/C19H24N2O3S/c1-18(2,3)15-10-13(11-16(17(15)22)19(4,5)6)9-14(12-21)25(23,24)8-7-20/h9-11,22H,8H2,1-6H3/b14-9+. The average molecular weight is 360 g/mol. The van der Waals surface area contributed by atoms with Gasteiger partial charge in [-0.25, -0.2) is 8.42 Å². The van der Waals surface area contributed by atoms with Crippen LogP contribution in [-0.4, -0.2) is 19.3 Å². The molecule has 6 heteroatoms. The summed E-state index contributed by atoms with van der Waals surface area (Å²) in [4.78, 5) is -0.459. The second-order valence-electron chi connectivity index (χ2n) is 8.00. The molecule has 0 atom stereocenters. The number of phenolic OH excluding ortho intramolecular Hbond substituents is 1. The lowest BCUT2D eigenvalue weighted by Crippen LogP contribution is -2.17. The Hall–Kier alpha value is -2.31. The van der Waals surface area contributed by atoms with Crippen molar-refractivity contribution in [2.45, 2.75) is 52.4 Å². The highest BCUT2D eigenvalue weighted by atomic mass is 32.2. The third kappa shape index (κ3) is 4.84. The van der Waals surface area contributed by atoms with Gasteiger partial charge in [0.2, 0.25) is 9.84 Å². The molecule has 0 fully saturated rings. The molecule has 0 spiro atoms. The molecule has 5 nitrogen and oxygen atoms in total. The van der Waals surface area contributed by atoms with Crippen LogP contribution in [0.15, 0.2) is 17.0 Å². The highest BCUT2D eigenvalue weighted by Gasteiger charge is 2.27. The number of sulfone groups is 1. The lowest BCUT2D eigenvalue weighted by atomic mass is 9.78. The van der Waals surface area contributed by atoms with Gasteiger partial charge in [0.05, 0.1) is 6.07 Å². The maximum atomic E-state index is 12.0. The molecule has 0 saturated carbocycles. The SMILES string of the molecule is CC(C)(C)c1cc(/C=C(\C#N)S(=O)(=O)CC#N)cc(C(C)(C)C)c1O. The molecule has 1 aromatic rings. The summed E-state index contributed by atoms with van der Waals surface area (Å²) in [6.45, 7) is 11.7. The molecule has 1 N–H and O–H groups in total. The predicted octanol–water partition coefficient (Wildman–Crippen LogP) is 3.79. The van der Waals surface area contributed by atoms with Crippen LogP contribution in [0.1, 0.15) is 58.2 Å². The molecule has 0 unspecified atom stereocenters. The van der Waals surface area contributed by atoms with Gasteiger partial charge < -0.3 is 5.11 Å². The van der Waals surface area contributed by atoms with E-state index in [4.69, 9.17) is 5.26 Å². The Morgan fingerprint density at radius 3 is 1.84 bits per heavy atom. The number of benzene rings is 1. The van der Waals surface area contributed by atoms with Gasteiger partial charge in [-0.2, -0.15) is 10.5 Å². The van der Waals surface area contributed by atoms with Crippen LogP contribution in [0.25, 0.3) is 6.08 Å². The fraction of sp³-hybridized carbons (Fsp3) is 0.474. The summed E-state index contributed by atoms with van der Waals surface area (Å²) in [7, 11) is -3.95. The van der Waals surface area contributed by atoms with E-state index in [2.05, 4.69) is 0 Å². The molecule has 134 valence electrons. The van der Waals surface area contributed by atoms with Crippen LogP contribution in [-0.2, 0) is 20.7 Å². The average Bonchev–Trinajstić information content (AvgIpc) is 2.43. The normalized spacial score (nSPS) is 13.2. The van der Waals surface area contributed by atoms with Crippen LogP contribution in [0.2, 0.25) is 0 Å². The maximum Gasteiger partial charge on any atom is 0.201 e. The zero-order valence-electron chi connectivity index (χ0n) is 15.5. The van der Waals surface area contributed by atoms with E-state index in [0.717, 1.165) is 0 Å². The summed E-state index contributed by atoms with van der Waals surface area (Å²) in [5.41, 5.74) is 1.10. The van der Waals surface area contributed by atoms with Crippen molar-refractivity contribution < 1.29 is 13.5 Å². The largest absolute Gasteiger partial charge is 0.507 e. The first-order valence-electron chi connectivity index (χ1n) is 7.83. The Kier molecular flexibility index (Phi) is 5.72. The lowest BCUT2D eigenvalue weighted by molar-refractivity contribution is 0.423. The van der Waals surface area contributed by atoms with Gasteiger partial charge in [-0.3, -0.25) is 0 Å². The van der Waals surface area contributed by atoms with Gasteiger partial charge >= 0.3 is 0 Å². The van der Waals surface area contributed by atoms with E-state index >= 15 is 0 Å². The van der Waals surface area contributed by atoms with Gasteiger partial charge in [-0.1, -0.05) is 41.5 Å². The van der Waals surface area contributed by atoms with Crippen LogP contribution in [0.3, 0.4) is 0 Å². The van der Waals surface area contributed by atoms with Crippen molar-refractivity contribution in [3.05, 3.63) is 33.7 Å². The summed E-state index contributed by atoms with van der Waals surface area (Å²) >= 11 is 0. The van der Waals surface area contributed by atoms with Crippen LogP contribution < -0.4 is 0 Å². The molecule has 1 rings (SSSR count). The first kappa shape index (κ1) is 20.7. The van der Waals surface area contributed by atoms with Crippen molar-refractivity contribution in [3.63, 3.8) is 0 Å². The first-order chi connectivity index (χ1) is 11.2. The fourth-order valence-corrected chi connectivity index (χ4v) is 3.17. The number of hydrogen-bond donors (Lipinski definition) is 1. The number of nitrogens with zero attached hydrogens (tertiary/aromatic N) is 2. The van der Waals surface area contributed by atoms with Crippen molar-refractivity contribution in [2.75, 3.05) is 5.75 Å². The van der Waals surface area contributed by atoms with E-state index in [1.54, 1.807) is 24.3 Å². The summed E-state index contributed by atoms with van der Waals surface area (Å²) < 4.78 is 24.1. The molecule has 0 amide bonds. The van der Waals surface area contributed by atoms with Gasteiger partial charge in [0.25, 0.3) is 0 Å². The number of aromatic hydroxyl groups is 1. The fourth-order valence-electron chi connectivity index (χ4n) is 2.39. The second kappa shape index (κ2) is 6.90. The van der Waals surface area contributed by atoms with Crippen molar-refractivity contribution in [1.29, 1.82) is 10.5 Å². The highest BCUT2D eigenvalue weighted by Crippen LogP contribution is 2.40. The molecule has 0 aliphatic carbocycles. The van der Waals surface area contributed by atoms with Gasteiger partial charge in [-0.05, 0) is 34.6 Å². The molecule has 25 heavy (non-hydrogen) atoms. The number of hydrogen-bond acceptors (Lipinski definition) is 5. The van der Waals surface area contributed by atoms with E-state index in [0.29, 0.717) is 16.7 Å². The molecule has 0 saturated heterocycles. The van der Waals surface area contributed by atoms with Gasteiger partial charge in [0.1, 0.15) is 22.5 Å². The van der Waals surface area contributed by atoms with Gasteiger partial charge in [0, 0.05) is 11.1 Å². The van der Waals surface area contributed by atoms with Crippen molar-refractivity contribution in [1.82, 2.24) is 0 Å². The minimum Gasteiger partial charge on any atom is -0.507 e. The summed E-state index contributed by atoms with van der Waals surface area (Å²) in [6, 6.07) is 6.60.